The van der Waals surface area contributed by atoms with Crippen molar-refractivity contribution >= 4 is 17.3 Å². The highest BCUT2D eigenvalue weighted by atomic mass is 19.3. The number of Topliss-reactive ketones (excluding diaryl/α,β-unsaturated/α-hetero) is 3. The monoisotopic (exact) mass is 238 g/mol. The van der Waals surface area contributed by atoms with Crippen LogP contribution in [0.4, 0.5) is 13.2 Å². The van der Waals surface area contributed by atoms with E-state index in [0.29, 0.717) is 6.92 Å². The molecule has 6 heteroatoms. The van der Waals surface area contributed by atoms with Gasteiger partial charge in [-0.25, -0.2) is 4.39 Å². The molecule has 0 radical (unpaired) electrons. The molecule has 0 aliphatic carbocycles. The Morgan fingerprint density at radius 3 is 1.62 bits per heavy atom. The fraction of sp³-hybridized carbons (Fsp3) is 0.700. The molecule has 0 fully saturated rings. The zero-order chi connectivity index (χ0) is 13.3. The lowest BCUT2D eigenvalue weighted by molar-refractivity contribution is -0.161. The molecule has 1 unspecified atom stereocenters. The van der Waals surface area contributed by atoms with E-state index in [-0.39, 0.29) is 0 Å². The molecule has 0 bridgehead atoms. The molecule has 0 heterocycles. The average molecular weight is 238 g/mol. The van der Waals surface area contributed by atoms with E-state index in [1.165, 1.54) is 20.8 Å². The summed E-state index contributed by atoms with van der Waals surface area (Å²) >= 11 is 0. The Hall–Kier alpha value is -1.20. The first-order chi connectivity index (χ1) is 6.92. The Bertz CT molecular complexity index is 329. The summed E-state index contributed by atoms with van der Waals surface area (Å²) in [4.78, 5) is 32.6. The second kappa shape index (κ2) is 4.35. The summed E-state index contributed by atoms with van der Waals surface area (Å²) in [5, 5.41) is 0. The number of halogens is 3. The summed E-state index contributed by atoms with van der Waals surface area (Å²) in [5.74, 6) is -9.78. The maximum atomic E-state index is 13.2. The van der Waals surface area contributed by atoms with Crippen LogP contribution in [0.3, 0.4) is 0 Å². The summed E-state index contributed by atoms with van der Waals surface area (Å²) < 4.78 is 38.9. The molecule has 0 saturated carbocycles. The molecule has 0 aromatic carbocycles. The van der Waals surface area contributed by atoms with Crippen LogP contribution in [0.1, 0.15) is 27.7 Å². The predicted octanol–water partition coefficient (Wildman–Crippen LogP) is 1.73. The molecule has 92 valence electrons. The van der Waals surface area contributed by atoms with E-state index in [0.717, 1.165) is 0 Å². The van der Waals surface area contributed by atoms with Crippen molar-refractivity contribution in [1.82, 2.24) is 0 Å². The third kappa shape index (κ3) is 2.90. The van der Waals surface area contributed by atoms with Gasteiger partial charge in [0.15, 0.2) is 5.78 Å². The zero-order valence-corrected chi connectivity index (χ0v) is 9.44. The van der Waals surface area contributed by atoms with Gasteiger partial charge in [0.25, 0.3) is 5.78 Å². The fourth-order valence-corrected chi connectivity index (χ4v) is 0.832. The smallest absolute Gasteiger partial charge is 0.295 e. The average Bonchev–Trinajstić information content (AvgIpc) is 2.12. The lowest BCUT2D eigenvalue weighted by atomic mass is 9.85. The van der Waals surface area contributed by atoms with Crippen molar-refractivity contribution in [2.24, 2.45) is 5.41 Å². The van der Waals surface area contributed by atoms with Crippen molar-refractivity contribution in [2.75, 3.05) is 0 Å². The first-order valence-electron chi connectivity index (χ1n) is 4.54. The molecular formula is C10H13F3O3. The van der Waals surface area contributed by atoms with Crippen molar-refractivity contribution < 1.29 is 27.6 Å². The second-order valence-electron chi connectivity index (χ2n) is 4.47. The molecule has 0 aliphatic rings. The maximum absolute atomic E-state index is 13.2. The van der Waals surface area contributed by atoms with Crippen LogP contribution in [-0.2, 0) is 14.4 Å². The van der Waals surface area contributed by atoms with E-state index in [4.69, 9.17) is 0 Å². The highest BCUT2D eigenvalue weighted by molar-refractivity contribution is 6.18. The molecule has 16 heavy (non-hydrogen) atoms. The number of carbonyl (C=O) groups excluding carboxylic acids is 3. The van der Waals surface area contributed by atoms with E-state index in [1.54, 1.807) is 0 Å². The van der Waals surface area contributed by atoms with Crippen molar-refractivity contribution in [3.05, 3.63) is 0 Å². The topological polar surface area (TPSA) is 51.2 Å². The third-order valence-corrected chi connectivity index (χ3v) is 1.95. The van der Waals surface area contributed by atoms with Gasteiger partial charge < -0.3 is 0 Å². The fourth-order valence-electron chi connectivity index (χ4n) is 0.832. The Morgan fingerprint density at radius 2 is 1.38 bits per heavy atom. The predicted molar refractivity (Wildman–Crippen MR) is 50.0 cm³/mol. The number of hydrogen-bond donors (Lipinski definition) is 0. The minimum absolute atomic E-state index is 0.464. The molecule has 0 amide bonds. The molecule has 0 rings (SSSR count). The van der Waals surface area contributed by atoms with Gasteiger partial charge in [-0.05, 0) is 0 Å². The number of alkyl halides is 3. The zero-order valence-electron chi connectivity index (χ0n) is 9.44. The second-order valence-corrected chi connectivity index (χ2v) is 4.47. The maximum Gasteiger partial charge on any atom is 0.365 e. The van der Waals surface area contributed by atoms with Crippen LogP contribution in [0.5, 0.6) is 0 Å². The van der Waals surface area contributed by atoms with Gasteiger partial charge >= 0.3 is 5.92 Å². The van der Waals surface area contributed by atoms with E-state index in [9.17, 15) is 27.6 Å². The van der Waals surface area contributed by atoms with Gasteiger partial charge in [0.05, 0.1) is 0 Å². The summed E-state index contributed by atoms with van der Waals surface area (Å²) in [6.07, 6.45) is -2.97. The van der Waals surface area contributed by atoms with Gasteiger partial charge in [0.1, 0.15) is 0 Å². The van der Waals surface area contributed by atoms with Crippen molar-refractivity contribution in [3.8, 4) is 0 Å². The SMILES string of the molecule is CC(=O)C(F)(F)C(=O)C(F)C(=O)C(C)(C)C. The molecule has 0 aromatic rings. The minimum Gasteiger partial charge on any atom is -0.295 e. The van der Waals surface area contributed by atoms with Crippen molar-refractivity contribution in [3.63, 3.8) is 0 Å². The van der Waals surface area contributed by atoms with Gasteiger partial charge in [0, 0.05) is 12.3 Å². The molecule has 0 spiro atoms. The number of ketones is 3. The van der Waals surface area contributed by atoms with Crippen LogP contribution in [-0.4, -0.2) is 29.4 Å². The molecule has 0 saturated heterocycles. The molecule has 0 aromatic heterocycles. The highest BCUT2D eigenvalue weighted by Crippen LogP contribution is 2.25. The van der Waals surface area contributed by atoms with Crippen LogP contribution in [0.25, 0.3) is 0 Å². The first-order valence-corrected chi connectivity index (χ1v) is 4.54. The molecule has 1 atom stereocenters. The number of rotatable bonds is 4. The summed E-state index contributed by atoms with van der Waals surface area (Å²) in [7, 11) is 0. The van der Waals surface area contributed by atoms with Crippen LogP contribution < -0.4 is 0 Å². The molecule has 0 aliphatic heterocycles. The van der Waals surface area contributed by atoms with Gasteiger partial charge in [-0.3, -0.25) is 14.4 Å². The summed E-state index contributed by atoms with van der Waals surface area (Å²) in [6, 6.07) is 0. The quantitative estimate of drug-likeness (QED) is 0.701. The van der Waals surface area contributed by atoms with E-state index >= 15 is 0 Å². The lowest BCUT2D eigenvalue weighted by Crippen LogP contribution is -2.47. The molecule has 3 nitrogen and oxygen atoms in total. The third-order valence-electron chi connectivity index (χ3n) is 1.95. The largest absolute Gasteiger partial charge is 0.365 e. The summed E-state index contributed by atoms with van der Waals surface area (Å²) in [5.41, 5.74) is -1.26. The Balaban J connectivity index is 5.04. The summed E-state index contributed by atoms with van der Waals surface area (Å²) in [6.45, 7) is 4.34. The standard InChI is InChI=1S/C10H13F3O3/c1-5(14)10(12,13)8(16)6(11)7(15)9(2,3)4/h6H,1-4H3. The van der Waals surface area contributed by atoms with E-state index in [1.807, 2.05) is 0 Å². The lowest BCUT2D eigenvalue weighted by Gasteiger charge is -2.20. The van der Waals surface area contributed by atoms with Gasteiger partial charge in [-0.15, -0.1) is 0 Å². The van der Waals surface area contributed by atoms with E-state index in [2.05, 4.69) is 0 Å². The first kappa shape index (κ1) is 14.8. The highest BCUT2D eigenvalue weighted by Gasteiger charge is 2.51. The number of hydrogen-bond acceptors (Lipinski definition) is 3. The van der Waals surface area contributed by atoms with Crippen molar-refractivity contribution in [2.45, 2.75) is 39.8 Å². The van der Waals surface area contributed by atoms with Crippen LogP contribution in [0.15, 0.2) is 0 Å². The van der Waals surface area contributed by atoms with Gasteiger partial charge in [-0.1, -0.05) is 20.8 Å². The molecule has 0 N–H and O–H groups in total. The number of carbonyl (C=O) groups is 3. The normalized spacial score (nSPS) is 14.4. The minimum atomic E-state index is -4.44. The molecular weight excluding hydrogens is 225 g/mol. The van der Waals surface area contributed by atoms with Crippen LogP contribution >= 0.6 is 0 Å². The Morgan fingerprint density at radius 1 is 1.00 bits per heavy atom. The van der Waals surface area contributed by atoms with Gasteiger partial charge in [-0.2, -0.15) is 8.78 Å². The van der Waals surface area contributed by atoms with E-state index < -0.39 is 34.9 Å². The van der Waals surface area contributed by atoms with Crippen molar-refractivity contribution in [1.29, 1.82) is 0 Å². The van der Waals surface area contributed by atoms with Gasteiger partial charge in [0.2, 0.25) is 12.0 Å². The Labute approximate surface area is 91.0 Å². The Kier molecular flexibility index (Phi) is 4.02. The van der Waals surface area contributed by atoms with Crippen LogP contribution in [0.2, 0.25) is 0 Å². The van der Waals surface area contributed by atoms with Crippen LogP contribution in [0, 0.1) is 5.41 Å².